The summed E-state index contributed by atoms with van der Waals surface area (Å²) >= 11 is 0. The molecule has 0 aliphatic heterocycles. The highest BCUT2D eigenvalue weighted by Gasteiger charge is 2.42. The van der Waals surface area contributed by atoms with E-state index in [-0.39, 0.29) is 12.0 Å². The third-order valence-corrected chi connectivity index (χ3v) is 4.63. The molecule has 1 aliphatic rings. The van der Waals surface area contributed by atoms with E-state index in [1.807, 2.05) is 0 Å². The van der Waals surface area contributed by atoms with Gasteiger partial charge in [-0.1, -0.05) is 31.5 Å². The molecular formula is C17H22FNO3. The number of halogens is 1. The van der Waals surface area contributed by atoms with Gasteiger partial charge in [0.1, 0.15) is 11.4 Å². The zero-order chi connectivity index (χ0) is 16.2. The third kappa shape index (κ3) is 3.64. The average Bonchev–Trinajstić information content (AvgIpc) is 2.50. The maximum Gasteiger partial charge on any atom is 0.329 e. The number of carboxylic acid groups (broad SMARTS) is 1. The number of amides is 1. The fraction of sp³-hybridized carbons (Fsp3) is 0.529. The first-order valence-corrected chi connectivity index (χ1v) is 7.74. The molecule has 1 fully saturated rings. The highest BCUT2D eigenvalue weighted by molar-refractivity contribution is 5.88. The van der Waals surface area contributed by atoms with Crippen molar-refractivity contribution in [2.75, 3.05) is 0 Å². The van der Waals surface area contributed by atoms with Crippen molar-refractivity contribution >= 4 is 11.9 Å². The highest BCUT2D eigenvalue weighted by atomic mass is 19.1. The van der Waals surface area contributed by atoms with Crippen molar-refractivity contribution in [3.05, 3.63) is 35.6 Å². The van der Waals surface area contributed by atoms with Gasteiger partial charge in [-0.15, -0.1) is 0 Å². The van der Waals surface area contributed by atoms with Crippen LogP contribution in [0.4, 0.5) is 4.39 Å². The molecule has 0 radical (unpaired) electrons. The largest absolute Gasteiger partial charge is 0.480 e. The third-order valence-electron chi connectivity index (χ3n) is 4.63. The Balaban J connectivity index is 2.04. The number of benzene rings is 1. The van der Waals surface area contributed by atoms with Crippen LogP contribution < -0.4 is 5.32 Å². The maximum absolute atomic E-state index is 13.6. The van der Waals surface area contributed by atoms with E-state index >= 15 is 0 Å². The number of rotatable bonds is 5. The summed E-state index contributed by atoms with van der Waals surface area (Å²) in [6.07, 6.45) is 3.34. The lowest BCUT2D eigenvalue weighted by molar-refractivity contribution is -0.149. The molecule has 0 unspecified atom stereocenters. The molecule has 4 nitrogen and oxygen atoms in total. The molecular weight excluding hydrogens is 285 g/mol. The molecule has 1 saturated carbocycles. The lowest BCUT2D eigenvalue weighted by atomic mass is 9.75. The van der Waals surface area contributed by atoms with Gasteiger partial charge in [-0.3, -0.25) is 4.79 Å². The smallest absolute Gasteiger partial charge is 0.329 e. The SMILES string of the molecule is CCC1CCC(NC(=O)Cc2ccccc2F)(C(=O)O)CC1. The molecule has 1 aliphatic carbocycles. The molecule has 0 saturated heterocycles. The van der Waals surface area contributed by atoms with Crippen LogP contribution in [0, 0.1) is 11.7 Å². The van der Waals surface area contributed by atoms with E-state index in [9.17, 15) is 19.1 Å². The van der Waals surface area contributed by atoms with Crippen LogP contribution >= 0.6 is 0 Å². The Morgan fingerprint density at radius 3 is 2.50 bits per heavy atom. The second-order valence-electron chi connectivity index (χ2n) is 6.06. The average molecular weight is 307 g/mol. The van der Waals surface area contributed by atoms with E-state index in [1.54, 1.807) is 12.1 Å². The van der Waals surface area contributed by atoms with Gasteiger partial charge in [0.15, 0.2) is 0 Å². The summed E-state index contributed by atoms with van der Waals surface area (Å²) in [5.41, 5.74) is -0.920. The van der Waals surface area contributed by atoms with Crippen molar-refractivity contribution in [1.82, 2.24) is 5.32 Å². The van der Waals surface area contributed by atoms with E-state index in [2.05, 4.69) is 12.2 Å². The number of aliphatic carboxylic acids is 1. The first-order valence-electron chi connectivity index (χ1n) is 7.74. The Labute approximate surface area is 129 Å². The Morgan fingerprint density at radius 2 is 1.95 bits per heavy atom. The number of carbonyl (C=O) groups excluding carboxylic acids is 1. The minimum absolute atomic E-state index is 0.140. The predicted molar refractivity (Wildman–Crippen MR) is 80.9 cm³/mol. The zero-order valence-electron chi connectivity index (χ0n) is 12.8. The summed E-state index contributed by atoms with van der Waals surface area (Å²) in [5, 5.41) is 12.2. The molecule has 5 heteroatoms. The number of carboxylic acids is 1. The second-order valence-corrected chi connectivity index (χ2v) is 6.06. The fourth-order valence-electron chi connectivity index (χ4n) is 3.10. The molecule has 0 atom stereocenters. The minimum atomic E-state index is -1.20. The summed E-state index contributed by atoms with van der Waals surface area (Å²) < 4.78 is 13.6. The molecule has 120 valence electrons. The van der Waals surface area contributed by atoms with Gasteiger partial charge < -0.3 is 10.4 Å². The van der Waals surface area contributed by atoms with Crippen molar-refractivity contribution in [1.29, 1.82) is 0 Å². The van der Waals surface area contributed by atoms with E-state index in [0.717, 1.165) is 19.3 Å². The Kier molecular flexibility index (Phi) is 5.16. The summed E-state index contributed by atoms with van der Waals surface area (Å²) in [6, 6.07) is 6.05. The standard InChI is InChI=1S/C17H22FNO3/c1-2-12-7-9-17(10-8-12,16(21)22)19-15(20)11-13-5-3-4-6-14(13)18/h3-6,12H,2,7-11H2,1H3,(H,19,20)(H,21,22). The van der Waals surface area contributed by atoms with E-state index < -0.39 is 23.2 Å². The van der Waals surface area contributed by atoms with E-state index in [4.69, 9.17) is 0 Å². The number of hydrogen-bond acceptors (Lipinski definition) is 2. The molecule has 1 amide bonds. The summed E-state index contributed by atoms with van der Waals surface area (Å²) in [4.78, 5) is 23.8. The van der Waals surface area contributed by atoms with Gasteiger partial charge in [-0.25, -0.2) is 9.18 Å². The van der Waals surface area contributed by atoms with Crippen LogP contribution in [-0.2, 0) is 16.0 Å². The molecule has 22 heavy (non-hydrogen) atoms. The molecule has 2 rings (SSSR count). The Hall–Kier alpha value is -1.91. The van der Waals surface area contributed by atoms with Gasteiger partial charge in [0, 0.05) is 0 Å². The van der Waals surface area contributed by atoms with Gasteiger partial charge in [-0.05, 0) is 43.2 Å². The van der Waals surface area contributed by atoms with E-state index in [0.29, 0.717) is 18.8 Å². The zero-order valence-corrected chi connectivity index (χ0v) is 12.8. The molecule has 0 aromatic heterocycles. The van der Waals surface area contributed by atoms with Crippen molar-refractivity contribution in [3.63, 3.8) is 0 Å². The predicted octanol–water partition coefficient (Wildman–Crippen LogP) is 2.91. The Bertz CT molecular complexity index is 551. The first-order chi connectivity index (χ1) is 10.5. The van der Waals surface area contributed by atoms with Crippen LogP contribution in [-0.4, -0.2) is 22.5 Å². The van der Waals surface area contributed by atoms with Crippen molar-refractivity contribution in [3.8, 4) is 0 Å². The van der Waals surface area contributed by atoms with Gasteiger partial charge in [0.05, 0.1) is 6.42 Å². The summed E-state index contributed by atoms with van der Waals surface area (Å²) in [7, 11) is 0. The molecule has 0 bridgehead atoms. The van der Waals surface area contributed by atoms with Gasteiger partial charge in [0.25, 0.3) is 0 Å². The maximum atomic E-state index is 13.6. The Morgan fingerprint density at radius 1 is 1.32 bits per heavy atom. The van der Waals surface area contributed by atoms with Gasteiger partial charge in [0.2, 0.25) is 5.91 Å². The lowest BCUT2D eigenvalue weighted by Gasteiger charge is -2.37. The van der Waals surface area contributed by atoms with Gasteiger partial charge >= 0.3 is 5.97 Å². The lowest BCUT2D eigenvalue weighted by Crippen LogP contribution is -2.56. The summed E-state index contributed by atoms with van der Waals surface area (Å²) in [6.45, 7) is 2.09. The van der Waals surface area contributed by atoms with Crippen molar-refractivity contribution < 1.29 is 19.1 Å². The van der Waals surface area contributed by atoms with Crippen LogP contribution in [0.3, 0.4) is 0 Å². The molecule has 1 aromatic carbocycles. The topological polar surface area (TPSA) is 66.4 Å². The second kappa shape index (κ2) is 6.90. The molecule has 1 aromatic rings. The number of carbonyl (C=O) groups is 2. The van der Waals surface area contributed by atoms with Crippen molar-refractivity contribution in [2.45, 2.75) is 51.0 Å². The van der Waals surface area contributed by atoms with Crippen LogP contribution in [0.25, 0.3) is 0 Å². The van der Waals surface area contributed by atoms with E-state index in [1.165, 1.54) is 12.1 Å². The van der Waals surface area contributed by atoms with Crippen LogP contribution in [0.15, 0.2) is 24.3 Å². The number of nitrogens with one attached hydrogen (secondary N) is 1. The minimum Gasteiger partial charge on any atom is -0.480 e. The van der Waals surface area contributed by atoms with Crippen LogP contribution in [0.5, 0.6) is 0 Å². The normalized spacial score (nSPS) is 24.7. The quantitative estimate of drug-likeness (QED) is 0.879. The molecule has 0 heterocycles. The number of hydrogen-bond donors (Lipinski definition) is 2. The first kappa shape index (κ1) is 16.5. The van der Waals surface area contributed by atoms with Gasteiger partial charge in [-0.2, -0.15) is 0 Å². The van der Waals surface area contributed by atoms with Crippen molar-refractivity contribution in [2.24, 2.45) is 5.92 Å². The molecule has 2 N–H and O–H groups in total. The highest BCUT2D eigenvalue weighted by Crippen LogP contribution is 2.34. The van der Waals surface area contributed by atoms with Crippen LogP contribution in [0.2, 0.25) is 0 Å². The molecule has 0 spiro atoms. The van der Waals surface area contributed by atoms with Crippen LogP contribution in [0.1, 0.15) is 44.6 Å². The summed E-state index contributed by atoms with van der Waals surface area (Å²) in [5.74, 6) is -1.36. The monoisotopic (exact) mass is 307 g/mol. The fourth-order valence-corrected chi connectivity index (χ4v) is 3.10.